The van der Waals surface area contributed by atoms with Crippen LogP contribution >= 0.6 is 23.8 Å². The Morgan fingerprint density at radius 2 is 1.77 bits per heavy atom. The van der Waals surface area contributed by atoms with Gasteiger partial charge < -0.3 is 10.6 Å². The van der Waals surface area contributed by atoms with Crippen LogP contribution in [0.3, 0.4) is 0 Å². The second-order valence-corrected chi connectivity index (χ2v) is 7.00. The van der Waals surface area contributed by atoms with Crippen LogP contribution in [-0.2, 0) is 6.54 Å². The van der Waals surface area contributed by atoms with Crippen LogP contribution in [0, 0.1) is 20.8 Å². The normalized spacial score (nSPS) is 10.6. The Bertz CT molecular complexity index is 934. The van der Waals surface area contributed by atoms with Gasteiger partial charge in [-0.1, -0.05) is 48.0 Å². The average molecular weight is 385 g/mol. The van der Waals surface area contributed by atoms with Gasteiger partial charge in [-0.3, -0.25) is 4.68 Å². The summed E-state index contributed by atoms with van der Waals surface area (Å²) in [6, 6.07) is 16.0. The first-order valence-corrected chi connectivity index (χ1v) is 9.15. The molecule has 0 aliphatic heterocycles. The van der Waals surface area contributed by atoms with E-state index in [0.29, 0.717) is 10.1 Å². The summed E-state index contributed by atoms with van der Waals surface area (Å²) in [5.74, 6) is 0. The second-order valence-electron chi connectivity index (χ2n) is 6.18. The number of anilines is 2. The zero-order valence-corrected chi connectivity index (χ0v) is 16.6. The van der Waals surface area contributed by atoms with Crippen molar-refractivity contribution in [3.05, 3.63) is 76.1 Å². The number of hydrogen-bond donors (Lipinski definition) is 2. The van der Waals surface area contributed by atoms with Gasteiger partial charge in [0.15, 0.2) is 5.11 Å². The third-order valence-corrected chi connectivity index (χ3v) is 4.92. The molecule has 0 spiro atoms. The fourth-order valence-electron chi connectivity index (χ4n) is 2.80. The molecule has 0 saturated heterocycles. The van der Waals surface area contributed by atoms with Crippen LogP contribution in [-0.4, -0.2) is 14.9 Å². The predicted octanol–water partition coefficient (Wildman–Crippen LogP) is 5.32. The molecule has 0 atom stereocenters. The van der Waals surface area contributed by atoms with E-state index in [2.05, 4.69) is 27.9 Å². The van der Waals surface area contributed by atoms with E-state index in [-0.39, 0.29) is 0 Å². The van der Waals surface area contributed by atoms with Crippen molar-refractivity contribution in [2.45, 2.75) is 27.3 Å². The molecule has 3 rings (SSSR count). The molecular formula is C20H21ClN4S. The standard InChI is InChI=1S/C20H21ClN4S/c1-13-17(21)10-7-11-18(13)22-20(26)23-19-14(2)24-25(15(19)3)12-16-8-5-4-6-9-16/h4-11H,12H2,1-3H3,(H2,22,23,26). The highest BCUT2D eigenvalue weighted by atomic mass is 35.5. The summed E-state index contributed by atoms with van der Waals surface area (Å²) >= 11 is 11.6. The molecule has 0 saturated carbocycles. The van der Waals surface area contributed by atoms with E-state index in [1.165, 1.54) is 5.56 Å². The maximum absolute atomic E-state index is 6.17. The van der Waals surface area contributed by atoms with Crippen LogP contribution in [0.25, 0.3) is 0 Å². The Morgan fingerprint density at radius 1 is 1.04 bits per heavy atom. The molecule has 2 N–H and O–H groups in total. The van der Waals surface area contributed by atoms with Gasteiger partial charge >= 0.3 is 0 Å². The molecule has 1 aromatic heterocycles. The molecule has 0 bridgehead atoms. The number of halogens is 1. The van der Waals surface area contributed by atoms with E-state index in [1.807, 2.05) is 61.9 Å². The molecule has 0 radical (unpaired) electrons. The number of aromatic nitrogens is 2. The molecule has 0 fully saturated rings. The van der Waals surface area contributed by atoms with Crippen molar-refractivity contribution in [3.8, 4) is 0 Å². The maximum Gasteiger partial charge on any atom is 0.175 e. The van der Waals surface area contributed by atoms with Crippen LogP contribution in [0.2, 0.25) is 5.02 Å². The zero-order chi connectivity index (χ0) is 18.7. The lowest BCUT2D eigenvalue weighted by Gasteiger charge is -2.13. The van der Waals surface area contributed by atoms with Crippen molar-refractivity contribution in [2.75, 3.05) is 10.6 Å². The van der Waals surface area contributed by atoms with Crippen molar-refractivity contribution in [1.29, 1.82) is 0 Å². The summed E-state index contributed by atoms with van der Waals surface area (Å²) in [7, 11) is 0. The lowest BCUT2D eigenvalue weighted by Crippen LogP contribution is -2.20. The quantitative estimate of drug-likeness (QED) is 0.597. The van der Waals surface area contributed by atoms with E-state index in [0.717, 1.165) is 34.9 Å². The van der Waals surface area contributed by atoms with Gasteiger partial charge in [0, 0.05) is 10.7 Å². The second kappa shape index (κ2) is 7.89. The molecule has 2 aromatic carbocycles. The van der Waals surface area contributed by atoms with Gasteiger partial charge in [-0.25, -0.2) is 0 Å². The first-order valence-electron chi connectivity index (χ1n) is 8.36. The van der Waals surface area contributed by atoms with Gasteiger partial charge in [-0.15, -0.1) is 0 Å². The van der Waals surface area contributed by atoms with Gasteiger partial charge in [-0.05, 0) is 56.2 Å². The minimum Gasteiger partial charge on any atom is -0.332 e. The van der Waals surface area contributed by atoms with Crippen molar-refractivity contribution in [3.63, 3.8) is 0 Å². The molecule has 3 aromatic rings. The maximum atomic E-state index is 6.17. The number of thiocarbonyl (C=S) groups is 1. The molecule has 0 unspecified atom stereocenters. The minimum atomic E-state index is 0.515. The Kier molecular flexibility index (Phi) is 5.59. The summed E-state index contributed by atoms with van der Waals surface area (Å²) in [5, 5.41) is 12.4. The van der Waals surface area contributed by atoms with Crippen LogP contribution in [0.1, 0.15) is 22.5 Å². The van der Waals surface area contributed by atoms with Crippen LogP contribution < -0.4 is 10.6 Å². The van der Waals surface area contributed by atoms with E-state index in [4.69, 9.17) is 23.8 Å². The average Bonchev–Trinajstić information content (AvgIpc) is 2.87. The summed E-state index contributed by atoms with van der Waals surface area (Å²) in [5.41, 5.74) is 5.94. The SMILES string of the molecule is Cc1nn(Cc2ccccc2)c(C)c1NC(=S)Nc1cccc(Cl)c1C. The van der Waals surface area contributed by atoms with Gasteiger partial charge in [0.1, 0.15) is 0 Å². The topological polar surface area (TPSA) is 41.9 Å². The van der Waals surface area contributed by atoms with Crippen molar-refractivity contribution >= 4 is 40.3 Å². The first-order chi connectivity index (χ1) is 12.5. The molecule has 134 valence electrons. The van der Waals surface area contributed by atoms with E-state index < -0.39 is 0 Å². The predicted molar refractivity (Wildman–Crippen MR) is 113 cm³/mol. The summed E-state index contributed by atoms with van der Waals surface area (Å²) in [6.07, 6.45) is 0. The number of aryl methyl sites for hydroxylation is 1. The van der Waals surface area contributed by atoms with E-state index in [1.54, 1.807) is 0 Å². The van der Waals surface area contributed by atoms with Crippen molar-refractivity contribution < 1.29 is 0 Å². The monoisotopic (exact) mass is 384 g/mol. The van der Waals surface area contributed by atoms with Crippen molar-refractivity contribution in [1.82, 2.24) is 9.78 Å². The fourth-order valence-corrected chi connectivity index (χ4v) is 3.18. The third-order valence-electron chi connectivity index (χ3n) is 4.31. The molecule has 1 heterocycles. The van der Waals surface area contributed by atoms with Gasteiger partial charge in [0.2, 0.25) is 0 Å². The third kappa shape index (κ3) is 4.06. The van der Waals surface area contributed by atoms with Crippen LogP contribution in [0.4, 0.5) is 11.4 Å². The molecule has 26 heavy (non-hydrogen) atoms. The highest BCUT2D eigenvalue weighted by Gasteiger charge is 2.13. The number of benzene rings is 2. The summed E-state index contributed by atoms with van der Waals surface area (Å²) in [6.45, 7) is 6.70. The molecular weight excluding hydrogens is 364 g/mol. The lowest BCUT2D eigenvalue weighted by molar-refractivity contribution is 0.659. The van der Waals surface area contributed by atoms with Gasteiger partial charge in [0.25, 0.3) is 0 Å². The van der Waals surface area contributed by atoms with Crippen LogP contribution in [0.5, 0.6) is 0 Å². The largest absolute Gasteiger partial charge is 0.332 e. The number of rotatable bonds is 4. The molecule has 4 nitrogen and oxygen atoms in total. The highest BCUT2D eigenvalue weighted by Crippen LogP contribution is 2.24. The van der Waals surface area contributed by atoms with E-state index >= 15 is 0 Å². The Labute approximate surface area is 164 Å². The molecule has 0 aliphatic carbocycles. The van der Waals surface area contributed by atoms with E-state index in [9.17, 15) is 0 Å². The van der Waals surface area contributed by atoms with Crippen LogP contribution in [0.15, 0.2) is 48.5 Å². The Morgan fingerprint density at radius 3 is 2.50 bits per heavy atom. The Hall–Kier alpha value is -2.37. The molecule has 0 aliphatic rings. The highest BCUT2D eigenvalue weighted by molar-refractivity contribution is 7.80. The Balaban J connectivity index is 1.75. The van der Waals surface area contributed by atoms with Crippen molar-refractivity contribution in [2.24, 2.45) is 0 Å². The molecule has 0 amide bonds. The summed E-state index contributed by atoms with van der Waals surface area (Å²) < 4.78 is 1.99. The first kappa shape index (κ1) is 18.4. The summed E-state index contributed by atoms with van der Waals surface area (Å²) in [4.78, 5) is 0. The number of nitrogens with zero attached hydrogens (tertiary/aromatic N) is 2. The number of hydrogen-bond acceptors (Lipinski definition) is 2. The lowest BCUT2D eigenvalue weighted by atomic mass is 10.2. The van der Waals surface area contributed by atoms with Gasteiger partial charge in [-0.2, -0.15) is 5.10 Å². The smallest absolute Gasteiger partial charge is 0.175 e. The fraction of sp³-hybridized carbons (Fsp3) is 0.200. The zero-order valence-electron chi connectivity index (χ0n) is 15.0. The van der Waals surface area contributed by atoms with Gasteiger partial charge in [0.05, 0.1) is 23.6 Å². The minimum absolute atomic E-state index is 0.515. The number of nitrogens with one attached hydrogen (secondary N) is 2. The molecule has 6 heteroatoms.